The Hall–Kier alpha value is -3.69. The molecule has 3 aliphatic rings. The van der Waals surface area contributed by atoms with E-state index in [0.29, 0.717) is 51.7 Å². The van der Waals surface area contributed by atoms with Crippen molar-refractivity contribution in [2.24, 2.45) is 0 Å². The average Bonchev–Trinajstić information content (AvgIpc) is 2.93. The summed E-state index contributed by atoms with van der Waals surface area (Å²) < 4.78 is 29.1. The van der Waals surface area contributed by atoms with Crippen LogP contribution in [0.4, 0.5) is 0 Å². The molecule has 3 N–H and O–H groups in total. The van der Waals surface area contributed by atoms with Crippen LogP contribution in [0.2, 0.25) is 0 Å². The molecule has 3 heterocycles. The predicted molar refractivity (Wildman–Crippen MR) is 154 cm³/mol. The quantitative estimate of drug-likeness (QED) is 0.396. The summed E-state index contributed by atoms with van der Waals surface area (Å²) in [6.45, 7) is 6.77. The van der Waals surface area contributed by atoms with Crippen molar-refractivity contribution in [3.63, 3.8) is 0 Å². The smallest absolute Gasteiger partial charge is 0.194 e. The SMILES string of the molecule is COc1c(C)cc2c(c1O)C1C3=Cc4c(OC(C)O)c(C)c(OC)c(OC)c4[C@H](COC(C)O)N3[C@@H](C#N)C(C2)N1C. The Bertz CT molecular complexity index is 1460. The van der Waals surface area contributed by atoms with Gasteiger partial charge in [0.1, 0.15) is 11.8 Å². The normalized spacial score (nSPS) is 23.9. The molecule has 2 aromatic rings. The summed E-state index contributed by atoms with van der Waals surface area (Å²) in [6.07, 6.45) is 0.263. The minimum absolute atomic E-state index is 0.0100. The molecule has 0 aliphatic carbocycles. The molecule has 11 nitrogen and oxygen atoms in total. The number of phenolic OH excluding ortho intramolecular Hbond substituents is 1. The van der Waals surface area contributed by atoms with Crippen LogP contribution < -0.4 is 18.9 Å². The van der Waals surface area contributed by atoms with Crippen LogP contribution in [0.1, 0.15) is 59.3 Å². The average molecular weight is 582 g/mol. The van der Waals surface area contributed by atoms with E-state index < -0.39 is 30.7 Å². The van der Waals surface area contributed by atoms with Crippen LogP contribution in [0.25, 0.3) is 6.08 Å². The Kier molecular flexibility index (Phi) is 7.94. The molecule has 5 rings (SSSR count). The molecular formula is C31H39N3O8. The molecule has 3 aliphatic heterocycles. The predicted octanol–water partition coefficient (Wildman–Crippen LogP) is 3.31. The minimum atomic E-state index is -1.13. The number of ether oxygens (including phenoxy) is 5. The molecule has 2 bridgehead atoms. The van der Waals surface area contributed by atoms with Gasteiger partial charge in [-0.3, -0.25) is 4.90 Å². The molecule has 0 spiro atoms. The highest BCUT2D eigenvalue weighted by Crippen LogP contribution is 2.58. The molecular weight excluding hydrogens is 542 g/mol. The van der Waals surface area contributed by atoms with Gasteiger partial charge in [0.25, 0.3) is 0 Å². The van der Waals surface area contributed by atoms with Gasteiger partial charge in [0.15, 0.2) is 35.6 Å². The fourth-order valence-electron chi connectivity index (χ4n) is 6.98. The summed E-state index contributed by atoms with van der Waals surface area (Å²) in [4.78, 5) is 4.13. The van der Waals surface area contributed by atoms with Crippen molar-refractivity contribution >= 4 is 6.08 Å². The summed E-state index contributed by atoms with van der Waals surface area (Å²) in [5.74, 6) is 1.73. The number of rotatable bonds is 8. The largest absolute Gasteiger partial charge is 0.504 e. The van der Waals surface area contributed by atoms with Crippen LogP contribution in [0, 0.1) is 25.2 Å². The number of phenols is 1. The van der Waals surface area contributed by atoms with E-state index in [1.807, 2.05) is 37.9 Å². The van der Waals surface area contributed by atoms with E-state index in [9.17, 15) is 20.6 Å². The third-order valence-corrected chi connectivity index (χ3v) is 8.60. The highest BCUT2D eigenvalue weighted by atomic mass is 16.6. The summed E-state index contributed by atoms with van der Waals surface area (Å²) in [6, 6.07) is 2.65. The van der Waals surface area contributed by atoms with Crippen LogP contribution in [0.3, 0.4) is 0 Å². The van der Waals surface area contributed by atoms with Gasteiger partial charge in [0, 0.05) is 34.0 Å². The summed E-state index contributed by atoms with van der Waals surface area (Å²) >= 11 is 0. The first-order valence-corrected chi connectivity index (χ1v) is 13.9. The first-order chi connectivity index (χ1) is 20.0. The first kappa shape index (κ1) is 29.8. The molecule has 226 valence electrons. The third kappa shape index (κ3) is 4.41. The molecule has 4 unspecified atom stereocenters. The van der Waals surface area contributed by atoms with E-state index in [4.69, 9.17) is 23.7 Å². The number of aliphatic hydroxyl groups is 2. The van der Waals surface area contributed by atoms with Crippen molar-refractivity contribution in [3.05, 3.63) is 45.1 Å². The number of methoxy groups -OCH3 is 3. The molecule has 0 aromatic heterocycles. The Morgan fingerprint density at radius 1 is 1.00 bits per heavy atom. The number of nitriles is 1. The molecule has 0 amide bonds. The number of piperazine rings is 1. The van der Waals surface area contributed by atoms with E-state index in [1.54, 1.807) is 7.11 Å². The summed E-state index contributed by atoms with van der Waals surface area (Å²) in [5.41, 5.74) is 5.10. The number of aryl methyl sites for hydroxylation is 1. The van der Waals surface area contributed by atoms with Crippen LogP contribution >= 0.6 is 0 Å². The topological polar surface area (TPSA) is 137 Å². The minimum Gasteiger partial charge on any atom is -0.504 e. The molecule has 42 heavy (non-hydrogen) atoms. The fraction of sp³-hybridized carbons (Fsp3) is 0.516. The first-order valence-electron chi connectivity index (χ1n) is 13.9. The molecule has 6 atom stereocenters. The lowest BCUT2D eigenvalue weighted by atomic mass is 9.75. The van der Waals surface area contributed by atoms with Gasteiger partial charge in [-0.15, -0.1) is 0 Å². The Morgan fingerprint density at radius 2 is 1.67 bits per heavy atom. The van der Waals surface area contributed by atoms with Crippen LogP contribution in [-0.2, 0) is 11.2 Å². The van der Waals surface area contributed by atoms with Crippen molar-refractivity contribution in [2.45, 2.75) is 70.9 Å². The maximum Gasteiger partial charge on any atom is 0.194 e. The maximum atomic E-state index is 11.5. The second kappa shape index (κ2) is 11.2. The highest BCUT2D eigenvalue weighted by molar-refractivity contribution is 5.77. The molecule has 2 aromatic carbocycles. The second-order valence-corrected chi connectivity index (χ2v) is 11.1. The van der Waals surface area contributed by atoms with E-state index in [2.05, 4.69) is 11.0 Å². The summed E-state index contributed by atoms with van der Waals surface area (Å²) in [7, 11) is 6.56. The second-order valence-electron chi connectivity index (χ2n) is 11.1. The van der Waals surface area contributed by atoms with Crippen molar-refractivity contribution in [1.82, 2.24) is 9.80 Å². The Balaban J connectivity index is 1.88. The van der Waals surface area contributed by atoms with Gasteiger partial charge in [-0.05, 0) is 58.4 Å². The zero-order valence-corrected chi connectivity index (χ0v) is 25.3. The fourth-order valence-corrected chi connectivity index (χ4v) is 6.98. The molecule has 1 fully saturated rings. The molecule has 0 saturated carbocycles. The number of aliphatic hydroxyl groups excluding tert-OH is 2. The highest BCUT2D eigenvalue weighted by Gasteiger charge is 2.53. The molecule has 0 radical (unpaired) electrons. The van der Waals surface area contributed by atoms with E-state index >= 15 is 0 Å². The van der Waals surface area contributed by atoms with Gasteiger partial charge in [-0.1, -0.05) is 6.07 Å². The third-order valence-electron chi connectivity index (χ3n) is 8.60. The molecule has 1 saturated heterocycles. The number of aromatic hydroxyl groups is 1. The van der Waals surface area contributed by atoms with Crippen molar-refractivity contribution < 1.29 is 39.0 Å². The lowest BCUT2D eigenvalue weighted by molar-refractivity contribution is -0.108. The number of fused-ring (bicyclic) bond motifs is 7. The van der Waals surface area contributed by atoms with Gasteiger partial charge in [0.2, 0.25) is 0 Å². The van der Waals surface area contributed by atoms with Gasteiger partial charge in [-0.2, -0.15) is 5.26 Å². The lowest BCUT2D eigenvalue weighted by Crippen LogP contribution is -2.62. The van der Waals surface area contributed by atoms with E-state index in [1.165, 1.54) is 28.1 Å². The van der Waals surface area contributed by atoms with Crippen LogP contribution in [0.15, 0.2) is 11.8 Å². The molecule has 11 heteroatoms. The Morgan fingerprint density at radius 3 is 2.24 bits per heavy atom. The van der Waals surface area contributed by atoms with E-state index in [-0.39, 0.29) is 18.4 Å². The van der Waals surface area contributed by atoms with Crippen LogP contribution in [-0.4, -0.2) is 84.8 Å². The van der Waals surface area contributed by atoms with Gasteiger partial charge in [-0.25, -0.2) is 0 Å². The number of nitrogens with zero attached hydrogens (tertiary/aromatic N) is 3. The number of likely N-dealkylation sites (N-methyl/N-ethyl adjacent to an activating group) is 1. The van der Waals surface area contributed by atoms with Crippen LogP contribution in [0.5, 0.6) is 28.7 Å². The summed E-state index contributed by atoms with van der Waals surface area (Å²) in [5, 5.41) is 42.7. The maximum absolute atomic E-state index is 11.5. The standard InChI is InChI=1S/C31H39N3O8/c1-14-9-18-10-20-22(12-32)34-21(26(33(20)5)24(18)27(37)28(14)38-6)11-19-25(23(34)13-41-16(3)35)31(40-8)30(39-7)15(2)29(19)42-17(4)36/h9,11,16-17,20,22-23,26,35-37H,10,13H2,1-8H3/t16?,17?,20?,22-,23-,26?/m0/s1. The Labute approximate surface area is 246 Å². The lowest BCUT2D eigenvalue weighted by Gasteiger charge is -2.57. The van der Waals surface area contributed by atoms with E-state index in [0.717, 1.165) is 16.8 Å². The number of hydrogen-bond acceptors (Lipinski definition) is 11. The number of hydrogen-bond donors (Lipinski definition) is 3. The monoisotopic (exact) mass is 581 g/mol. The number of benzene rings is 2. The van der Waals surface area contributed by atoms with Gasteiger partial charge >= 0.3 is 0 Å². The zero-order valence-electron chi connectivity index (χ0n) is 25.3. The van der Waals surface area contributed by atoms with Crippen molar-refractivity contribution in [1.29, 1.82) is 5.26 Å². The van der Waals surface area contributed by atoms with Gasteiger partial charge < -0.3 is 43.9 Å². The van der Waals surface area contributed by atoms with Crippen molar-refractivity contribution in [3.8, 4) is 34.8 Å². The van der Waals surface area contributed by atoms with Crippen molar-refractivity contribution in [2.75, 3.05) is 35.0 Å². The van der Waals surface area contributed by atoms with Gasteiger partial charge in [0.05, 0.1) is 46.1 Å². The zero-order chi connectivity index (χ0) is 30.6.